The smallest absolute Gasteiger partial charge is 0.344 e. The van der Waals surface area contributed by atoms with Crippen molar-refractivity contribution in [3.8, 4) is 11.1 Å². The van der Waals surface area contributed by atoms with Crippen LogP contribution in [0.15, 0.2) is 55.1 Å². The molecule has 0 N–H and O–H groups in total. The molecule has 0 amide bonds. The van der Waals surface area contributed by atoms with Crippen LogP contribution in [-0.4, -0.2) is 5.97 Å². The van der Waals surface area contributed by atoms with Gasteiger partial charge >= 0.3 is 5.97 Å². The molecule has 0 saturated heterocycles. The van der Waals surface area contributed by atoms with Gasteiger partial charge in [0.1, 0.15) is 5.76 Å². The van der Waals surface area contributed by atoms with Crippen LogP contribution in [0.5, 0.6) is 0 Å². The highest BCUT2D eigenvalue weighted by molar-refractivity contribution is 6.03. The number of carbonyl (C=O) groups is 1. The lowest BCUT2D eigenvalue weighted by molar-refractivity contribution is 0.0695. The van der Waals surface area contributed by atoms with Crippen molar-refractivity contribution in [2.75, 3.05) is 0 Å². The summed E-state index contributed by atoms with van der Waals surface area (Å²) in [5.74, 6) is 0.0589. The number of rotatable bonds is 0. The molecule has 3 rings (SSSR count). The molecular formula is C15H10O2. The maximum absolute atomic E-state index is 11.9. The zero-order chi connectivity index (χ0) is 11.8. The van der Waals surface area contributed by atoms with Gasteiger partial charge in [0.15, 0.2) is 0 Å². The Morgan fingerprint density at radius 2 is 1.24 bits per heavy atom. The maximum Gasteiger partial charge on any atom is 0.344 e. The van der Waals surface area contributed by atoms with Crippen LogP contribution in [0, 0.1) is 0 Å². The predicted octanol–water partition coefficient (Wildman–Crippen LogP) is 3.49. The molecule has 0 spiro atoms. The third kappa shape index (κ3) is 1.46. The van der Waals surface area contributed by atoms with Crippen LogP contribution in [0.2, 0.25) is 0 Å². The van der Waals surface area contributed by atoms with E-state index in [2.05, 4.69) is 6.58 Å². The molecular weight excluding hydrogens is 212 g/mol. The molecule has 2 aromatic rings. The quantitative estimate of drug-likeness (QED) is 0.638. The number of benzene rings is 2. The molecule has 17 heavy (non-hydrogen) atoms. The van der Waals surface area contributed by atoms with Gasteiger partial charge in [0.25, 0.3) is 0 Å². The molecule has 1 heterocycles. The number of esters is 1. The van der Waals surface area contributed by atoms with Crippen molar-refractivity contribution < 1.29 is 9.53 Å². The van der Waals surface area contributed by atoms with Gasteiger partial charge in [-0.15, -0.1) is 0 Å². The van der Waals surface area contributed by atoms with Crippen molar-refractivity contribution >= 4 is 11.7 Å². The topological polar surface area (TPSA) is 26.3 Å². The predicted molar refractivity (Wildman–Crippen MR) is 66.3 cm³/mol. The minimum Gasteiger partial charge on any atom is -0.423 e. The second-order valence-electron chi connectivity index (χ2n) is 3.90. The number of fused-ring (bicyclic) bond motifs is 3. The van der Waals surface area contributed by atoms with Crippen molar-refractivity contribution in [1.82, 2.24) is 0 Å². The van der Waals surface area contributed by atoms with Gasteiger partial charge in [-0.1, -0.05) is 49.0 Å². The Kier molecular flexibility index (Phi) is 2.08. The summed E-state index contributed by atoms with van der Waals surface area (Å²) in [5, 5.41) is 0. The van der Waals surface area contributed by atoms with Gasteiger partial charge < -0.3 is 4.74 Å². The molecule has 0 atom stereocenters. The van der Waals surface area contributed by atoms with Crippen LogP contribution in [-0.2, 0) is 4.74 Å². The first-order valence-electron chi connectivity index (χ1n) is 5.37. The highest BCUT2D eigenvalue weighted by Gasteiger charge is 2.22. The Morgan fingerprint density at radius 3 is 1.88 bits per heavy atom. The van der Waals surface area contributed by atoms with E-state index < -0.39 is 0 Å². The first-order valence-corrected chi connectivity index (χ1v) is 5.37. The van der Waals surface area contributed by atoms with E-state index in [0.29, 0.717) is 11.3 Å². The zero-order valence-electron chi connectivity index (χ0n) is 9.14. The zero-order valence-corrected chi connectivity index (χ0v) is 9.14. The van der Waals surface area contributed by atoms with Crippen LogP contribution in [0.25, 0.3) is 16.9 Å². The second kappa shape index (κ2) is 3.59. The van der Waals surface area contributed by atoms with Gasteiger partial charge in [0, 0.05) is 5.56 Å². The van der Waals surface area contributed by atoms with Gasteiger partial charge in [0.05, 0.1) is 5.56 Å². The fourth-order valence-corrected chi connectivity index (χ4v) is 2.08. The lowest BCUT2D eigenvalue weighted by atomic mass is 9.96. The molecule has 0 bridgehead atoms. The number of hydrogen-bond acceptors (Lipinski definition) is 2. The highest BCUT2D eigenvalue weighted by atomic mass is 16.5. The minimum absolute atomic E-state index is 0.346. The first kappa shape index (κ1) is 9.85. The second-order valence-corrected chi connectivity index (χ2v) is 3.90. The third-order valence-corrected chi connectivity index (χ3v) is 2.88. The molecule has 2 aromatic carbocycles. The fourth-order valence-electron chi connectivity index (χ4n) is 2.08. The molecule has 2 heteroatoms. The van der Waals surface area contributed by atoms with Gasteiger partial charge in [-0.3, -0.25) is 0 Å². The Bertz CT molecular complexity index is 571. The molecule has 82 valence electrons. The number of cyclic esters (lactones) is 1. The number of carbonyl (C=O) groups excluding carboxylic acids is 1. The standard InChI is InChI=1S/C15H10O2/c1-10-11-6-2-3-7-12(11)13-8-4-5-9-14(13)15(16)17-10/h2-9H,1H2. The van der Waals surface area contributed by atoms with E-state index in [0.717, 1.165) is 16.7 Å². The molecule has 1 aliphatic rings. The molecule has 0 aromatic heterocycles. The van der Waals surface area contributed by atoms with E-state index >= 15 is 0 Å². The summed E-state index contributed by atoms with van der Waals surface area (Å²) in [5.41, 5.74) is 3.33. The summed E-state index contributed by atoms with van der Waals surface area (Å²) >= 11 is 0. The van der Waals surface area contributed by atoms with Crippen LogP contribution < -0.4 is 0 Å². The lowest BCUT2D eigenvalue weighted by Gasteiger charge is -2.06. The van der Waals surface area contributed by atoms with E-state index in [1.807, 2.05) is 42.5 Å². The van der Waals surface area contributed by atoms with Crippen LogP contribution in [0.1, 0.15) is 15.9 Å². The largest absolute Gasteiger partial charge is 0.423 e. The lowest BCUT2D eigenvalue weighted by Crippen LogP contribution is -2.01. The van der Waals surface area contributed by atoms with E-state index in [9.17, 15) is 4.79 Å². The Morgan fingerprint density at radius 1 is 0.765 bits per heavy atom. The van der Waals surface area contributed by atoms with Crippen molar-refractivity contribution in [3.05, 3.63) is 66.2 Å². The number of hydrogen-bond donors (Lipinski definition) is 0. The van der Waals surface area contributed by atoms with Gasteiger partial charge in [-0.2, -0.15) is 0 Å². The average Bonchev–Trinajstić information content (AvgIpc) is 2.48. The summed E-state index contributed by atoms with van der Waals surface area (Å²) < 4.78 is 5.23. The molecule has 0 aliphatic carbocycles. The highest BCUT2D eigenvalue weighted by Crippen LogP contribution is 2.35. The summed E-state index contributed by atoms with van der Waals surface area (Å²) in [7, 11) is 0. The van der Waals surface area contributed by atoms with Crippen molar-refractivity contribution in [2.45, 2.75) is 0 Å². The molecule has 0 fully saturated rings. The monoisotopic (exact) mass is 222 g/mol. The summed E-state index contributed by atoms with van der Waals surface area (Å²) in [6.45, 7) is 3.81. The molecule has 0 unspecified atom stereocenters. The first-order chi connectivity index (χ1) is 8.27. The van der Waals surface area contributed by atoms with Gasteiger partial charge in [-0.25, -0.2) is 4.79 Å². The Hall–Kier alpha value is -2.35. The van der Waals surface area contributed by atoms with Gasteiger partial charge in [-0.05, 0) is 17.2 Å². The van der Waals surface area contributed by atoms with E-state index in [-0.39, 0.29) is 5.97 Å². The SMILES string of the molecule is C=C1OC(=O)c2ccccc2-c2ccccc21. The minimum atomic E-state index is -0.346. The van der Waals surface area contributed by atoms with E-state index in [1.54, 1.807) is 6.07 Å². The molecule has 1 aliphatic heterocycles. The molecule has 0 radical (unpaired) electrons. The van der Waals surface area contributed by atoms with Gasteiger partial charge in [0.2, 0.25) is 0 Å². The Labute approximate surface area is 99.2 Å². The molecule has 2 nitrogen and oxygen atoms in total. The summed E-state index contributed by atoms with van der Waals surface area (Å²) in [6.07, 6.45) is 0. The van der Waals surface area contributed by atoms with Crippen LogP contribution in [0.3, 0.4) is 0 Å². The normalized spacial score (nSPS) is 13.4. The fraction of sp³-hybridized carbons (Fsp3) is 0. The van der Waals surface area contributed by atoms with E-state index in [4.69, 9.17) is 4.74 Å². The summed E-state index contributed by atoms with van der Waals surface area (Å²) in [4.78, 5) is 11.9. The molecule has 0 saturated carbocycles. The van der Waals surface area contributed by atoms with Crippen LogP contribution >= 0.6 is 0 Å². The third-order valence-electron chi connectivity index (χ3n) is 2.88. The van der Waals surface area contributed by atoms with Crippen molar-refractivity contribution in [2.24, 2.45) is 0 Å². The van der Waals surface area contributed by atoms with Crippen LogP contribution in [0.4, 0.5) is 0 Å². The van der Waals surface area contributed by atoms with Crippen molar-refractivity contribution in [1.29, 1.82) is 0 Å². The number of ether oxygens (including phenoxy) is 1. The summed E-state index contributed by atoms with van der Waals surface area (Å²) in [6, 6.07) is 15.2. The maximum atomic E-state index is 11.9. The Balaban J connectivity index is 2.38. The van der Waals surface area contributed by atoms with Crippen molar-refractivity contribution in [3.63, 3.8) is 0 Å². The van der Waals surface area contributed by atoms with E-state index in [1.165, 1.54) is 0 Å². The average molecular weight is 222 g/mol.